The van der Waals surface area contributed by atoms with Crippen LogP contribution in [0.4, 0.5) is 5.69 Å². The van der Waals surface area contributed by atoms with E-state index in [0.717, 1.165) is 13.1 Å². The summed E-state index contributed by atoms with van der Waals surface area (Å²) < 4.78 is 32.8. The molecule has 0 saturated carbocycles. The van der Waals surface area contributed by atoms with Crippen molar-refractivity contribution in [3.63, 3.8) is 0 Å². The molecule has 36 heavy (non-hydrogen) atoms. The topological polar surface area (TPSA) is 99.3 Å². The Morgan fingerprint density at radius 2 is 1.53 bits per heavy atom. The van der Waals surface area contributed by atoms with Crippen LogP contribution in [0.3, 0.4) is 0 Å². The fourth-order valence-electron chi connectivity index (χ4n) is 4.51. The molecule has 4 rings (SSSR count). The minimum atomic E-state index is -3.62. The zero-order valence-electron chi connectivity index (χ0n) is 20.9. The lowest BCUT2D eigenvalue weighted by atomic mass is 9.97. The van der Waals surface area contributed by atoms with E-state index in [1.54, 1.807) is 48.5 Å². The molecule has 2 fully saturated rings. The van der Waals surface area contributed by atoms with Gasteiger partial charge in [-0.2, -0.15) is 4.31 Å². The molecular weight excluding hydrogens is 480 g/mol. The van der Waals surface area contributed by atoms with Crippen LogP contribution in [0.15, 0.2) is 53.4 Å². The summed E-state index contributed by atoms with van der Waals surface area (Å²) in [6.45, 7) is 6.09. The molecule has 2 aromatic rings. The fourth-order valence-corrected chi connectivity index (χ4v) is 5.98. The summed E-state index contributed by atoms with van der Waals surface area (Å²) in [7, 11) is -1.57. The Morgan fingerprint density at radius 3 is 2.11 bits per heavy atom. The molecule has 2 saturated heterocycles. The number of benzene rings is 2. The van der Waals surface area contributed by atoms with Crippen LogP contribution < -0.4 is 10.1 Å². The van der Waals surface area contributed by atoms with Gasteiger partial charge < -0.3 is 19.9 Å². The van der Waals surface area contributed by atoms with Gasteiger partial charge in [-0.15, -0.1) is 0 Å². The van der Waals surface area contributed by atoms with Gasteiger partial charge in [-0.25, -0.2) is 8.42 Å². The van der Waals surface area contributed by atoms with Gasteiger partial charge in [-0.05, 0) is 75.3 Å². The number of amides is 2. The Kier molecular flexibility index (Phi) is 8.28. The summed E-state index contributed by atoms with van der Waals surface area (Å²) in [5.41, 5.74) is 1.23. The molecule has 0 unspecified atom stereocenters. The third-order valence-electron chi connectivity index (χ3n) is 6.79. The molecule has 0 bridgehead atoms. The Balaban J connectivity index is 1.29. The van der Waals surface area contributed by atoms with Gasteiger partial charge in [-0.1, -0.05) is 0 Å². The number of ether oxygens (including phenoxy) is 1. The molecule has 0 aromatic heterocycles. The second-order valence-electron chi connectivity index (χ2n) is 9.24. The van der Waals surface area contributed by atoms with Crippen molar-refractivity contribution in [2.45, 2.75) is 24.7 Å². The fraction of sp³-hybridized carbons (Fsp3) is 0.462. The van der Waals surface area contributed by atoms with Gasteiger partial charge in [0.1, 0.15) is 5.75 Å². The van der Waals surface area contributed by atoms with Crippen LogP contribution in [-0.4, -0.2) is 87.3 Å². The lowest BCUT2D eigenvalue weighted by Crippen LogP contribution is -2.47. The predicted molar refractivity (Wildman–Crippen MR) is 138 cm³/mol. The number of nitrogens with one attached hydrogen (secondary N) is 1. The van der Waals surface area contributed by atoms with Gasteiger partial charge in [0.15, 0.2) is 0 Å². The number of nitrogens with zero attached hydrogens (tertiary/aromatic N) is 3. The van der Waals surface area contributed by atoms with Crippen LogP contribution in [0.2, 0.25) is 0 Å². The highest BCUT2D eigenvalue weighted by Crippen LogP contribution is 2.26. The van der Waals surface area contributed by atoms with Crippen LogP contribution in [-0.2, 0) is 14.8 Å². The lowest BCUT2D eigenvalue weighted by Gasteiger charge is -2.32. The van der Waals surface area contributed by atoms with Crippen LogP contribution in [0.1, 0.15) is 30.1 Å². The first-order valence-electron chi connectivity index (χ1n) is 12.4. The maximum Gasteiger partial charge on any atom is 0.253 e. The molecule has 1 N–H and O–H groups in total. The first-order chi connectivity index (χ1) is 17.3. The smallest absolute Gasteiger partial charge is 0.253 e. The molecular formula is C26H34N4O5S. The van der Waals surface area contributed by atoms with Gasteiger partial charge >= 0.3 is 0 Å². The van der Waals surface area contributed by atoms with Crippen molar-refractivity contribution in [1.82, 2.24) is 14.1 Å². The van der Waals surface area contributed by atoms with E-state index in [9.17, 15) is 18.0 Å². The molecule has 2 aromatic carbocycles. The summed E-state index contributed by atoms with van der Waals surface area (Å²) >= 11 is 0. The van der Waals surface area contributed by atoms with Gasteiger partial charge in [0.25, 0.3) is 5.91 Å². The quantitative estimate of drug-likeness (QED) is 0.610. The highest BCUT2D eigenvalue weighted by molar-refractivity contribution is 7.89. The van der Waals surface area contributed by atoms with E-state index < -0.39 is 10.0 Å². The van der Waals surface area contributed by atoms with Crippen molar-refractivity contribution in [3.05, 3.63) is 54.1 Å². The molecule has 2 aliphatic heterocycles. The van der Waals surface area contributed by atoms with Gasteiger partial charge in [0, 0.05) is 56.4 Å². The number of piperidine rings is 1. The maximum absolute atomic E-state index is 13.0. The van der Waals surface area contributed by atoms with Crippen molar-refractivity contribution >= 4 is 27.5 Å². The summed E-state index contributed by atoms with van der Waals surface area (Å²) in [5, 5.41) is 2.91. The maximum atomic E-state index is 13.0. The number of piperazine rings is 1. The van der Waals surface area contributed by atoms with Gasteiger partial charge in [-0.3, -0.25) is 9.59 Å². The van der Waals surface area contributed by atoms with E-state index >= 15 is 0 Å². The average Bonchev–Trinajstić information content (AvgIpc) is 2.90. The predicted octanol–water partition coefficient (Wildman–Crippen LogP) is 2.51. The number of hydrogen-bond acceptors (Lipinski definition) is 6. The van der Waals surface area contributed by atoms with Crippen LogP contribution in [0.5, 0.6) is 5.75 Å². The number of hydrogen-bond donors (Lipinski definition) is 1. The lowest BCUT2D eigenvalue weighted by molar-refractivity contribution is -0.120. The highest BCUT2D eigenvalue weighted by atomic mass is 32.2. The van der Waals surface area contributed by atoms with Gasteiger partial charge in [0.2, 0.25) is 15.9 Å². The molecule has 0 aliphatic carbocycles. The summed E-state index contributed by atoms with van der Waals surface area (Å²) in [4.78, 5) is 29.8. The van der Waals surface area contributed by atoms with E-state index in [-0.39, 0.29) is 35.7 Å². The van der Waals surface area contributed by atoms with Crippen molar-refractivity contribution in [2.24, 2.45) is 5.92 Å². The van der Waals surface area contributed by atoms with Crippen LogP contribution >= 0.6 is 0 Å². The monoisotopic (exact) mass is 514 g/mol. The summed E-state index contributed by atoms with van der Waals surface area (Å²) in [6, 6.07) is 13.4. The second-order valence-corrected chi connectivity index (χ2v) is 11.2. The van der Waals surface area contributed by atoms with E-state index in [1.165, 1.54) is 4.31 Å². The summed E-state index contributed by atoms with van der Waals surface area (Å²) in [6.07, 6.45) is 0.893. The number of sulfonamides is 1. The Hall–Kier alpha value is -2.95. The molecule has 2 aliphatic rings. The minimum absolute atomic E-state index is 0.00193. The largest absolute Gasteiger partial charge is 0.494 e. The zero-order chi connectivity index (χ0) is 25.7. The third-order valence-corrected chi connectivity index (χ3v) is 8.70. The Morgan fingerprint density at radius 1 is 0.917 bits per heavy atom. The number of carbonyl (C=O) groups excluding carboxylic acids is 2. The minimum Gasteiger partial charge on any atom is -0.494 e. The van der Waals surface area contributed by atoms with E-state index in [2.05, 4.69) is 10.2 Å². The zero-order valence-corrected chi connectivity index (χ0v) is 21.7. The Labute approximate surface area is 213 Å². The Bertz CT molecular complexity index is 1150. The van der Waals surface area contributed by atoms with Crippen molar-refractivity contribution in [2.75, 3.05) is 58.2 Å². The van der Waals surface area contributed by atoms with E-state index in [1.807, 2.05) is 18.9 Å². The molecule has 0 radical (unpaired) electrons. The van der Waals surface area contributed by atoms with Crippen molar-refractivity contribution in [1.29, 1.82) is 0 Å². The normalized spacial score (nSPS) is 18.1. The number of carbonyl (C=O) groups is 2. The molecule has 194 valence electrons. The van der Waals surface area contributed by atoms with Crippen molar-refractivity contribution < 1.29 is 22.7 Å². The number of likely N-dealkylation sites (N-methyl/N-ethyl adjacent to an activating group) is 1. The molecule has 0 atom stereocenters. The summed E-state index contributed by atoms with van der Waals surface area (Å²) in [5.74, 6) is 0.223. The molecule has 0 spiro atoms. The first kappa shape index (κ1) is 26.1. The molecule has 10 heteroatoms. The molecule has 2 heterocycles. The van der Waals surface area contributed by atoms with Crippen molar-refractivity contribution in [3.8, 4) is 5.75 Å². The van der Waals surface area contributed by atoms with Gasteiger partial charge in [0.05, 0.1) is 11.5 Å². The van der Waals surface area contributed by atoms with E-state index in [0.29, 0.717) is 49.5 Å². The highest BCUT2D eigenvalue weighted by Gasteiger charge is 2.32. The average molecular weight is 515 g/mol. The van der Waals surface area contributed by atoms with Crippen LogP contribution in [0.25, 0.3) is 0 Å². The first-order valence-corrected chi connectivity index (χ1v) is 13.8. The van der Waals surface area contributed by atoms with Crippen LogP contribution in [0, 0.1) is 5.92 Å². The molecule has 9 nitrogen and oxygen atoms in total. The standard InChI is InChI=1S/C26H34N4O5S/c1-3-35-23-8-10-24(11-9-23)36(33,34)30-14-12-20(13-15-30)25(31)27-22-6-4-21(5-7-22)26(32)29-18-16-28(2)17-19-29/h4-11,20H,3,12-19H2,1-2H3,(H,27,31). The molecule has 2 amide bonds. The number of anilines is 1. The third kappa shape index (κ3) is 6.05. The van der Waals surface area contributed by atoms with E-state index in [4.69, 9.17) is 4.74 Å². The number of rotatable bonds is 7. The second kappa shape index (κ2) is 11.4. The SMILES string of the molecule is CCOc1ccc(S(=O)(=O)N2CCC(C(=O)Nc3ccc(C(=O)N4CCN(C)CC4)cc3)CC2)cc1.